The van der Waals surface area contributed by atoms with E-state index in [-0.39, 0.29) is 11.9 Å². The van der Waals surface area contributed by atoms with Gasteiger partial charge >= 0.3 is 0 Å². The third-order valence-corrected chi connectivity index (χ3v) is 4.30. The van der Waals surface area contributed by atoms with Crippen molar-refractivity contribution in [3.63, 3.8) is 0 Å². The van der Waals surface area contributed by atoms with Crippen molar-refractivity contribution in [3.05, 3.63) is 59.5 Å². The molecule has 2 aromatic rings. The molecule has 1 aromatic heterocycles. The highest BCUT2D eigenvalue weighted by Crippen LogP contribution is 2.25. The molecule has 1 aliphatic rings. The zero-order valence-corrected chi connectivity index (χ0v) is 12.9. The highest BCUT2D eigenvalue weighted by molar-refractivity contribution is 5.95. The first-order chi connectivity index (χ1) is 10.8. The Labute approximate surface area is 131 Å². The number of carbonyl (C=O) groups is 1. The minimum absolute atomic E-state index is 0.0196. The molecule has 0 saturated carbocycles. The molecular formula is C18H22N2O2. The van der Waals surface area contributed by atoms with Gasteiger partial charge in [-0.15, -0.1) is 0 Å². The Balaban J connectivity index is 1.69. The predicted octanol–water partition coefficient (Wildman–Crippen LogP) is 3.15. The van der Waals surface area contributed by atoms with Crippen LogP contribution in [0.5, 0.6) is 0 Å². The van der Waals surface area contributed by atoms with Gasteiger partial charge in [0, 0.05) is 12.1 Å². The Bertz CT molecular complexity index is 616. The number of nitrogens with zero attached hydrogens (tertiary/aromatic N) is 1. The van der Waals surface area contributed by atoms with Gasteiger partial charge in [-0.3, -0.25) is 9.69 Å². The summed E-state index contributed by atoms with van der Waals surface area (Å²) in [6.07, 6.45) is 4.12. The van der Waals surface area contributed by atoms with Gasteiger partial charge in [-0.1, -0.05) is 18.2 Å². The Hall–Kier alpha value is -2.07. The van der Waals surface area contributed by atoms with Crippen molar-refractivity contribution >= 4 is 5.91 Å². The molecule has 0 aliphatic carbocycles. The number of nitrogens with one attached hydrogen (secondary N) is 1. The summed E-state index contributed by atoms with van der Waals surface area (Å²) in [5.74, 6) is 0.904. The Morgan fingerprint density at radius 3 is 2.68 bits per heavy atom. The Morgan fingerprint density at radius 2 is 2.00 bits per heavy atom. The summed E-state index contributed by atoms with van der Waals surface area (Å²) in [4.78, 5) is 14.8. The molecule has 4 nitrogen and oxygen atoms in total. The van der Waals surface area contributed by atoms with Crippen molar-refractivity contribution in [2.75, 3.05) is 19.6 Å². The maximum atomic E-state index is 12.4. The van der Waals surface area contributed by atoms with Gasteiger partial charge in [0.05, 0.1) is 12.3 Å². The predicted molar refractivity (Wildman–Crippen MR) is 85.8 cm³/mol. The van der Waals surface area contributed by atoms with Crippen LogP contribution in [0.2, 0.25) is 0 Å². The first-order valence-corrected chi connectivity index (χ1v) is 7.87. The molecule has 1 aliphatic heterocycles. The summed E-state index contributed by atoms with van der Waals surface area (Å²) in [6, 6.07) is 11.7. The fourth-order valence-electron chi connectivity index (χ4n) is 3.06. The molecule has 1 saturated heterocycles. The van der Waals surface area contributed by atoms with Gasteiger partial charge < -0.3 is 9.73 Å². The van der Waals surface area contributed by atoms with Crippen LogP contribution in [0.4, 0.5) is 0 Å². The van der Waals surface area contributed by atoms with Crippen LogP contribution in [0.25, 0.3) is 0 Å². The maximum Gasteiger partial charge on any atom is 0.251 e. The fraction of sp³-hybridized carbons (Fsp3) is 0.389. The third-order valence-electron chi connectivity index (χ3n) is 4.30. The van der Waals surface area contributed by atoms with Gasteiger partial charge in [0.1, 0.15) is 5.76 Å². The standard InChI is InChI=1S/C18H22N2O2/c1-14-7-2-3-8-15(14)18(21)19-13-16(17-9-6-12-22-17)20-10-4-5-11-20/h2-3,6-9,12,16H,4-5,10-11,13H2,1H3,(H,19,21). The summed E-state index contributed by atoms with van der Waals surface area (Å²) in [5.41, 5.74) is 1.73. The van der Waals surface area contributed by atoms with Crippen molar-refractivity contribution in [1.82, 2.24) is 10.2 Å². The monoisotopic (exact) mass is 298 g/mol. The number of rotatable bonds is 5. The number of furan rings is 1. The normalized spacial score (nSPS) is 16.6. The summed E-state index contributed by atoms with van der Waals surface area (Å²) < 4.78 is 5.58. The smallest absolute Gasteiger partial charge is 0.251 e. The second-order valence-corrected chi connectivity index (χ2v) is 5.80. The van der Waals surface area contributed by atoms with Crippen molar-refractivity contribution < 1.29 is 9.21 Å². The number of amides is 1. The average molecular weight is 298 g/mol. The molecule has 116 valence electrons. The number of likely N-dealkylation sites (tertiary alicyclic amines) is 1. The number of benzene rings is 1. The fourth-order valence-corrected chi connectivity index (χ4v) is 3.06. The number of carbonyl (C=O) groups excluding carboxylic acids is 1. The van der Waals surface area contributed by atoms with Gasteiger partial charge in [0.2, 0.25) is 0 Å². The van der Waals surface area contributed by atoms with Crippen molar-refractivity contribution in [2.24, 2.45) is 0 Å². The van der Waals surface area contributed by atoms with E-state index in [4.69, 9.17) is 4.42 Å². The van der Waals surface area contributed by atoms with Crippen LogP contribution in [0.1, 0.15) is 40.6 Å². The van der Waals surface area contributed by atoms with E-state index in [1.54, 1.807) is 6.26 Å². The Morgan fingerprint density at radius 1 is 1.23 bits per heavy atom. The van der Waals surface area contributed by atoms with Gasteiger partial charge in [-0.2, -0.15) is 0 Å². The van der Waals surface area contributed by atoms with Crippen LogP contribution in [0.15, 0.2) is 47.1 Å². The molecule has 2 heterocycles. The van der Waals surface area contributed by atoms with Crippen LogP contribution in [-0.2, 0) is 0 Å². The van der Waals surface area contributed by atoms with E-state index in [9.17, 15) is 4.79 Å². The molecule has 1 amide bonds. The molecule has 0 spiro atoms. The van der Waals surface area contributed by atoms with Gasteiger partial charge in [0.15, 0.2) is 0 Å². The van der Waals surface area contributed by atoms with Crippen LogP contribution in [0, 0.1) is 6.92 Å². The third kappa shape index (κ3) is 3.22. The van der Waals surface area contributed by atoms with E-state index in [2.05, 4.69) is 10.2 Å². The maximum absolute atomic E-state index is 12.4. The summed E-state index contributed by atoms with van der Waals surface area (Å²) >= 11 is 0. The largest absolute Gasteiger partial charge is 0.468 e. The van der Waals surface area contributed by atoms with Crippen molar-refractivity contribution in [3.8, 4) is 0 Å². The lowest BCUT2D eigenvalue weighted by Crippen LogP contribution is -2.36. The second kappa shape index (κ2) is 6.79. The molecule has 1 atom stereocenters. The lowest BCUT2D eigenvalue weighted by Gasteiger charge is -2.26. The molecular weight excluding hydrogens is 276 g/mol. The average Bonchev–Trinajstić information content (AvgIpc) is 3.21. The second-order valence-electron chi connectivity index (χ2n) is 5.80. The van der Waals surface area contributed by atoms with Crippen LogP contribution >= 0.6 is 0 Å². The summed E-state index contributed by atoms with van der Waals surface area (Å²) in [5, 5.41) is 3.06. The molecule has 3 rings (SSSR count). The van der Waals surface area contributed by atoms with Crippen LogP contribution in [-0.4, -0.2) is 30.4 Å². The van der Waals surface area contributed by atoms with Crippen LogP contribution < -0.4 is 5.32 Å². The molecule has 1 unspecified atom stereocenters. The van der Waals surface area contributed by atoms with E-state index in [0.717, 1.165) is 30.0 Å². The number of aryl methyl sites for hydroxylation is 1. The molecule has 0 radical (unpaired) electrons. The lowest BCUT2D eigenvalue weighted by atomic mass is 10.1. The number of hydrogen-bond acceptors (Lipinski definition) is 3. The van der Waals surface area contributed by atoms with E-state index in [1.165, 1.54) is 12.8 Å². The van der Waals surface area contributed by atoms with Gasteiger partial charge in [-0.25, -0.2) is 0 Å². The molecule has 1 fully saturated rings. The van der Waals surface area contributed by atoms with E-state index in [0.29, 0.717) is 6.54 Å². The first kappa shape index (κ1) is 14.9. The SMILES string of the molecule is Cc1ccccc1C(=O)NCC(c1ccco1)N1CCCC1. The first-order valence-electron chi connectivity index (χ1n) is 7.87. The quantitative estimate of drug-likeness (QED) is 0.922. The zero-order valence-electron chi connectivity index (χ0n) is 12.9. The van der Waals surface area contributed by atoms with E-state index < -0.39 is 0 Å². The molecule has 4 heteroatoms. The molecule has 1 aromatic carbocycles. The lowest BCUT2D eigenvalue weighted by molar-refractivity contribution is 0.0933. The van der Waals surface area contributed by atoms with Crippen LogP contribution in [0.3, 0.4) is 0 Å². The van der Waals surface area contributed by atoms with Crippen molar-refractivity contribution in [2.45, 2.75) is 25.8 Å². The topological polar surface area (TPSA) is 45.5 Å². The molecule has 1 N–H and O–H groups in total. The highest BCUT2D eigenvalue weighted by atomic mass is 16.3. The minimum atomic E-state index is -0.0196. The molecule has 22 heavy (non-hydrogen) atoms. The van der Waals surface area contributed by atoms with Crippen molar-refractivity contribution in [1.29, 1.82) is 0 Å². The van der Waals surface area contributed by atoms with Gasteiger partial charge in [-0.05, 0) is 56.6 Å². The highest BCUT2D eigenvalue weighted by Gasteiger charge is 2.26. The number of hydrogen-bond donors (Lipinski definition) is 1. The van der Waals surface area contributed by atoms with E-state index >= 15 is 0 Å². The van der Waals surface area contributed by atoms with Gasteiger partial charge in [0.25, 0.3) is 5.91 Å². The summed E-state index contributed by atoms with van der Waals surface area (Å²) in [6.45, 7) is 4.65. The summed E-state index contributed by atoms with van der Waals surface area (Å²) in [7, 11) is 0. The zero-order chi connectivity index (χ0) is 15.4. The molecule has 0 bridgehead atoms. The Kier molecular flexibility index (Phi) is 4.59. The minimum Gasteiger partial charge on any atom is -0.468 e. The van der Waals surface area contributed by atoms with E-state index in [1.807, 2.05) is 43.3 Å².